The topological polar surface area (TPSA) is 78.1 Å². The molecule has 0 aromatic carbocycles. The van der Waals surface area contributed by atoms with Gasteiger partial charge in [0.25, 0.3) is 5.91 Å². The maximum atomic E-state index is 12.9. The van der Waals surface area contributed by atoms with Crippen LogP contribution in [0.5, 0.6) is 0 Å². The normalized spacial score (nSPS) is 20.4. The minimum atomic E-state index is 0.0795. The van der Waals surface area contributed by atoms with Gasteiger partial charge in [0.05, 0.1) is 0 Å². The van der Waals surface area contributed by atoms with E-state index in [0.29, 0.717) is 12.2 Å². The summed E-state index contributed by atoms with van der Waals surface area (Å²) < 4.78 is 0. The second kappa shape index (κ2) is 8.11. The van der Waals surface area contributed by atoms with Gasteiger partial charge in [-0.25, -0.2) is 0 Å². The number of amides is 2. The minimum Gasteiger partial charge on any atom is -0.352 e. The smallest absolute Gasteiger partial charge is 0.270 e. The van der Waals surface area contributed by atoms with Crippen LogP contribution < -0.4 is 5.32 Å². The fourth-order valence-electron chi connectivity index (χ4n) is 5.14. The second-order valence-corrected chi connectivity index (χ2v) is 10.1. The lowest BCUT2D eigenvalue weighted by Gasteiger charge is -2.39. The van der Waals surface area contributed by atoms with E-state index in [-0.39, 0.29) is 23.1 Å². The Morgan fingerprint density at radius 3 is 2.84 bits per heavy atom. The largest absolute Gasteiger partial charge is 0.352 e. The van der Waals surface area contributed by atoms with E-state index in [2.05, 4.69) is 15.3 Å². The van der Waals surface area contributed by atoms with Crippen molar-refractivity contribution in [3.05, 3.63) is 52.8 Å². The Bertz CT molecular complexity index is 1060. The molecule has 1 saturated carbocycles. The molecule has 1 spiro atoms. The lowest BCUT2D eigenvalue weighted by Crippen LogP contribution is -2.42. The molecule has 1 atom stereocenters. The Labute approximate surface area is 186 Å². The van der Waals surface area contributed by atoms with Crippen LogP contribution in [0.2, 0.25) is 0 Å². The summed E-state index contributed by atoms with van der Waals surface area (Å²) in [4.78, 5) is 36.2. The van der Waals surface area contributed by atoms with E-state index in [4.69, 9.17) is 0 Å². The molecule has 0 bridgehead atoms. The first-order chi connectivity index (χ1) is 15.0. The van der Waals surface area contributed by atoms with Gasteiger partial charge in [-0.05, 0) is 73.6 Å². The van der Waals surface area contributed by atoms with Gasteiger partial charge in [0, 0.05) is 42.8 Å². The Morgan fingerprint density at radius 2 is 2.10 bits per heavy atom. The first-order valence-corrected chi connectivity index (χ1v) is 11.9. The van der Waals surface area contributed by atoms with Crippen molar-refractivity contribution in [2.24, 2.45) is 11.3 Å². The van der Waals surface area contributed by atoms with E-state index in [1.807, 2.05) is 47.7 Å². The van der Waals surface area contributed by atoms with Gasteiger partial charge in [0.15, 0.2) is 0 Å². The molecule has 2 fully saturated rings. The fraction of sp³-hybridized carbons (Fsp3) is 0.458. The number of carbonyl (C=O) groups is 2. The number of likely N-dealkylation sites (tertiary alicyclic amines) is 1. The summed E-state index contributed by atoms with van der Waals surface area (Å²) in [5, 5.41) is 6.23. The molecule has 1 saturated heterocycles. The molecule has 1 unspecified atom stereocenters. The molecule has 5 rings (SSSR count). The first-order valence-electron chi connectivity index (χ1n) is 11.1. The van der Waals surface area contributed by atoms with Crippen LogP contribution in [-0.2, 0) is 11.3 Å². The van der Waals surface area contributed by atoms with Gasteiger partial charge in [-0.3, -0.25) is 14.6 Å². The van der Waals surface area contributed by atoms with Crippen molar-refractivity contribution in [1.82, 2.24) is 20.2 Å². The number of piperidine rings is 1. The van der Waals surface area contributed by atoms with Crippen molar-refractivity contribution in [2.45, 2.75) is 45.6 Å². The van der Waals surface area contributed by atoms with Gasteiger partial charge in [-0.1, -0.05) is 6.07 Å². The molecule has 2 amide bonds. The number of nitrogens with one attached hydrogen (secondary N) is 2. The van der Waals surface area contributed by atoms with Crippen molar-refractivity contribution in [1.29, 1.82) is 0 Å². The van der Waals surface area contributed by atoms with Crippen LogP contribution in [0.4, 0.5) is 0 Å². The maximum absolute atomic E-state index is 12.9. The number of aromatic nitrogens is 2. The zero-order valence-electron chi connectivity index (χ0n) is 17.8. The number of thiophene rings is 1. The highest BCUT2D eigenvalue weighted by Gasteiger charge is 2.44. The average molecular weight is 437 g/mol. The number of hydrogen-bond donors (Lipinski definition) is 2. The number of H-pyrrole nitrogens is 1. The molecule has 162 valence electrons. The lowest BCUT2D eigenvalue weighted by atomic mass is 9.76. The van der Waals surface area contributed by atoms with Crippen LogP contribution in [0.1, 0.15) is 53.8 Å². The summed E-state index contributed by atoms with van der Waals surface area (Å²) >= 11 is 1.63. The third kappa shape index (κ3) is 4.11. The average Bonchev–Trinajstić information content (AvgIpc) is 3.49. The van der Waals surface area contributed by atoms with Gasteiger partial charge in [-0.2, -0.15) is 0 Å². The van der Waals surface area contributed by atoms with Gasteiger partial charge >= 0.3 is 0 Å². The Morgan fingerprint density at radius 1 is 1.26 bits per heavy atom. The molecule has 31 heavy (non-hydrogen) atoms. The highest BCUT2D eigenvalue weighted by Crippen LogP contribution is 2.49. The zero-order valence-corrected chi connectivity index (χ0v) is 18.6. The van der Waals surface area contributed by atoms with Crippen LogP contribution in [0.15, 0.2) is 35.8 Å². The number of aromatic amines is 1. The molecule has 3 aromatic rings. The predicted molar refractivity (Wildman–Crippen MR) is 122 cm³/mol. The third-order valence-electron chi connectivity index (χ3n) is 7.10. The van der Waals surface area contributed by atoms with Crippen LogP contribution in [0, 0.1) is 18.3 Å². The summed E-state index contributed by atoms with van der Waals surface area (Å²) in [6.07, 6.45) is 6.76. The van der Waals surface area contributed by atoms with E-state index in [9.17, 15) is 9.59 Å². The fourth-order valence-corrected chi connectivity index (χ4v) is 5.92. The van der Waals surface area contributed by atoms with Crippen molar-refractivity contribution in [3.63, 3.8) is 0 Å². The molecule has 4 heterocycles. The summed E-state index contributed by atoms with van der Waals surface area (Å²) in [5.41, 5.74) is 2.91. The number of fused-ring (bicyclic) bond motifs is 1. The molecule has 2 aliphatic rings. The Hall–Kier alpha value is -2.67. The molecule has 2 N–H and O–H groups in total. The van der Waals surface area contributed by atoms with E-state index < -0.39 is 0 Å². The van der Waals surface area contributed by atoms with Crippen LogP contribution in [-0.4, -0.2) is 39.8 Å². The van der Waals surface area contributed by atoms with E-state index in [1.54, 1.807) is 11.3 Å². The standard InChI is InChI=1S/C24H28N4O2S/c1-16-2-3-17(14-25-16)15-26-21(29)19-4-6-24(13-19)7-9-28(10-8-24)23(30)20-12-18-5-11-31-22(18)27-20/h2-3,5,11-12,14,19,27H,4,6-10,13,15H2,1H3,(H,26,29). The minimum absolute atomic E-state index is 0.0795. The summed E-state index contributed by atoms with van der Waals surface area (Å²) in [5.74, 6) is 0.329. The summed E-state index contributed by atoms with van der Waals surface area (Å²) in [6.45, 7) is 4.04. The monoisotopic (exact) mass is 436 g/mol. The number of aryl methyl sites for hydroxylation is 1. The number of hydrogen-bond acceptors (Lipinski definition) is 4. The third-order valence-corrected chi connectivity index (χ3v) is 7.94. The molecular weight excluding hydrogens is 408 g/mol. The SMILES string of the molecule is Cc1ccc(CNC(=O)C2CCC3(CCN(C(=O)c4cc5ccsc5[nH]4)CC3)C2)cn1. The van der Waals surface area contributed by atoms with Crippen molar-refractivity contribution in [2.75, 3.05) is 13.1 Å². The molecule has 6 nitrogen and oxygen atoms in total. The quantitative estimate of drug-likeness (QED) is 0.641. The first kappa shape index (κ1) is 20.2. The lowest BCUT2D eigenvalue weighted by molar-refractivity contribution is -0.125. The predicted octanol–water partition coefficient (Wildman–Crippen LogP) is 4.27. The Balaban J connectivity index is 1.14. The van der Waals surface area contributed by atoms with Crippen molar-refractivity contribution in [3.8, 4) is 0 Å². The molecule has 3 aromatic heterocycles. The van der Waals surface area contributed by atoms with E-state index in [1.165, 1.54) is 0 Å². The molecule has 7 heteroatoms. The molecule has 0 radical (unpaired) electrons. The molecule has 1 aliphatic heterocycles. The van der Waals surface area contributed by atoms with Crippen LogP contribution in [0.3, 0.4) is 0 Å². The summed E-state index contributed by atoms with van der Waals surface area (Å²) in [7, 11) is 0. The highest BCUT2D eigenvalue weighted by molar-refractivity contribution is 7.16. The molecular formula is C24H28N4O2S. The maximum Gasteiger partial charge on any atom is 0.270 e. The van der Waals surface area contributed by atoms with Crippen LogP contribution >= 0.6 is 11.3 Å². The molecule has 1 aliphatic carbocycles. The summed E-state index contributed by atoms with van der Waals surface area (Å²) in [6, 6.07) is 7.98. The highest BCUT2D eigenvalue weighted by atomic mass is 32.1. The number of rotatable bonds is 4. The van der Waals surface area contributed by atoms with E-state index >= 15 is 0 Å². The number of carbonyl (C=O) groups excluding carboxylic acids is 2. The Kier molecular flexibility index (Phi) is 5.30. The van der Waals surface area contributed by atoms with Crippen molar-refractivity contribution < 1.29 is 9.59 Å². The van der Waals surface area contributed by atoms with Crippen LogP contribution in [0.25, 0.3) is 10.2 Å². The van der Waals surface area contributed by atoms with Gasteiger partial charge < -0.3 is 15.2 Å². The zero-order chi connectivity index (χ0) is 21.4. The second-order valence-electron chi connectivity index (χ2n) is 9.15. The van der Waals surface area contributed by atoms with Crippen molar-refractivity contribution >= 4 is 33.4 Å². The number of nitrogens with zero attached hydrogens (tertiary/aromatic N) is 2. The number of pyridine rings is 1. The van der Waals surface area contributed by atoms with Gasteiger partial charge in [0.2, 0.25) is 5.91 Å². The van der Waals surface area contributed by atoms with E-state index in [0.717, 1.165) is 66.7 Å². The van der Waals surface area contributed by atoms with Gasteiger partial charge in [-0.15, -0.1) is 11.3 Å². The van der Waals surface area contributed by atoms with Gasteiger partial charge in [0.1, 0.15) is 10.5 Å².